The van der Waals surface area contributed by atoms with Crippen LogP contribution in [0.4, 0.5) is 0 Å². The van der Waals surface area contributed by atoms with Gasteiger partial charge in [0.15, 0.2) is 5.96 Å². The Morgan fingerprint density at radius 2 is 2.14 bits per heavy atom. The number of likely N-dealkylation sites (tertiary alicyclic amines) is 1. The summed E-state index contributed by atoms with van der Waals surface area (Å²) in [7, 11) is 1.80. The fourth-order valence-electron chi connectivity index (χ4n) is 4.13. The summed E-state index contributed by atoms with van der Waals surface area (Å²) in [5.74, 6) is 2.98. The second kappa shape index (κ2) is 10.4. The number of esters is 1. The summed E-state index contributed by atoms with van der Waals surface area (Å²) in [5, 5.41) is 12.2. The lowest BCUT2D eigenvalue weighted by Gasteiger charge is -2.33. The van der Waals surface area contributed by atoms with Gasteiger partial charge in [-0.2, -0.15) is 0 Å². The van der Waals surface area contributed by atoms with E-state index in [1.165, 1.54) is 19.3 Å². The van der Waals surface area contributed by atoms with E-state index in [0.717, 1.165) is 69.3 Å². The lowest BCUT2D eigenvalue weighted by atomic mass is 9.98. The van der Waals surface area contributed by atoms with Crippen molar-refractivity contribution in [3.8, 4) is 0 Å². The van der Waals surface area contributed by atoms with E-state index in [-0.39, 0.29) is 11.9 Å². The zero-order chi connectivity index (χ0) is 19.8. The number of carbonyl (C=O) groups is 1. The molecule has 2 aliphatic heterocycles. The number of aliphatic imine (C=N–C) groups is 1. The van der Waals surface area contributed by atoms with E-state index in [0.29, 0.717) is 13.2 Å². The number of guanidine groups is 1. The molecule has 1 N–H and O–H groups in total. The summed E-state index contributed by atoms with van der Waals surface area (Å²) in [6, 6.07) is 0. The highest BCUT2D eigenvalue weighted by atomic mass is 16.5. The molecule has 28 heavy (non-hydrogen) atoms. The van der Waals surface area contributed by atoms with Gasteiger partial charge >= 0.3 is 5.97 Å². The van der Waals surface area contributed by atoms with E-state index < -0.39 is 0 Å². The highest BCUT2D eigenvalue weighted by molar-refractivity contribution is 5.81. The number of rotatable bonds is 6. The van der Waals surface area contributed by atoms with Crippen molar-refractivity contribution in [3.05, 3.63) is 11.6 Å². The SMILES string of the molecule is CCOC(=O)C1CCCN(C(=NC)NCCCc2nnc3n2CCCCC3)C1. The lowest BCUT2D eigenvalue weighted by Crippen LogP contribution is -2.48. The minimum absolute atomic E-state index is 0.0568. The van der Waals surface area contributed by atoms with Crippen LogP contribution in [0.2, 0.25) is 0 Å². The van der Waals surface area contributed by atoms with Gasteiger partial charge in [0.05, 0.1) is 12.5 Å². The number of nitrogens with zero attached hydrogens (tertiary/aromatic N) is 5. The van der Waals surface area contributed by atoms with Gasteiger partial charge in [0.1, 0.15) is 11.6 Å². The van der Waals surface area contributed by atoms with Crippen LogP contribution in [0.3, 0.4) is 0 Å². The molecule has 0 amide bonds. The minimum Gasteiger partial charge on any atom is -0.466 e. The summed E-state index contributed by atoms with van der Waals surface area (Å²) in [4.78, 5) is 18.7. The van der Waals surface area contributed by atoms with Gasteiger partial charge in [-0.3, -0.25) is 9.79 Å². The van der Waals surface area contributed by atoms with Crippen molar-refractivity contribution in [2.75, 3.05) is 33.3 Å². The van der Waals surface area contributed by atoms with E-state index in [2.05, 4.69) is 30.0 Å². The molecule has 1 unspecified atom stereocenters. The Morgan fingerprint density at radius 3 is 2.96 bits per heavy atom. The number of ether oxygens (including phenoxy) is 1. The van der Waals surface area contributed by atoms with Crippen LogP contribution >= 0.6 is 0 Å². The third-order valence-corrected chi connectivity index (χ3v) is 5.60. The molecular weight excluding hydrogens is 356 g/mol. The smallest absolute Gasteiger partial charge is 0.310 e. The second-order valence-electron chi connectivity index (χ2n) is 7.61. The van der Waals surface area contributed by atoms with Gasteiger partial charge in [0.25, 0.3) is 0 Å². The van der Waals surface area contributed by atoms with Crippen LogP contribution in [0.1, 0.15) is 57.1 Å². The molecule has 0 spiro atoms. The van der Waals surface area contributed by atoms with Crippen molar-refractivity contribution < 1.29 is 9.53 Å². The molecule has 0 bridgehead atoms. The molecular formula is C20H34N6O2. The fraction of sp³-hybridized carbons (Fsp3) is 0.800. The molecule has 3 heterocycles. The Balaban J connectivity index is 1.46. The Hall–Kier alpha value is -2.12. The highest BCUT2D eigenvalue weighted by Gasteiger charge is 2.28. The first kappa shape index (κ1) is 20.6. The summed E-state index contributed by atoms with van der Waals surface area (Å²) in [5.41, 5.74) is 0. The van der Waals surface area contributed by atoms with Crippen molar-refractivity contribution in [2.45, 2.75) is 64.8 Å². The minimum atomic E-state index is -0.0878. The predicted molar refractivity (Wildman–Crippen MR) is 108 cm³/mol. The van der Waals surface area contributed by atoms with E-state index in [1.54, 1.807) is 7.05 Å². The third kappa shape index (κ3) is 5.23. The number of hydrogen-bond acceptors (Lipinski definition) is 5. The summed E-state index contributed by atoms with van der Waals surface area (Å²) in [6.07, 6.45) is 8.55. The quantitative estimate of drug-likeness (QED) is 0.345. The molecule has 156 valence electrons. The summed E-state index contributed by atoms with van der Waals surface area (Å²) < 4.78 is 7.51. The van der Waals surface area contributed by atoms with Crippen LogP contribution in [-0.4, -0.2) is 64.9 Å². The Kier molecular flexibility index (Phi) is 7.68. The number of hydrogen-bond donors (Lipinski definition) is 1. The van der Waals surface area contributed by atoms with Crippen LogP contribution in [-0.2, 0) is 28.9 Å². The van der Waals surface area contributed by atoms with E-state index in [1.807, 2.05) is 6.92 Å². The van der Waals surface area contributed by atoms with E-state index in [4.69, 9.17) is 4.74 Å². The number of carbonyl (C=O) groups excluding carboxylic acids is 1. The zero-order valence-electron chi connectivity index (χ0n) is 17.3. The molecule has 3 rings (SSSR count). The molecule has 8 heteroatoms. The lowest BCUT2D eigenvalue weighted by molar-refractivity contribution is -0.149. The predicted octanol–water partition coefficient (Wildman–Crippen LogP) is 1.79. The topological polar surface area (TPSA) is 84.6 Å². The molecule has 0 aromatic carbocycles. The maximum atomic E-state index is 12.1. The summed E-state index contributed by atoms with van der Waals surface area (Å²) in [6.45, 7) is 5.77. The van der Waals surface area contributed by atoms with Crippen LogP contribution < -0.4 is 5.32 Å². The molecule has 2 aliphatic rings. The van der Waals surface area contributed by atoms with Crippen molar-refractivity contribution in [2.24, 2.45) is 10.9 Å². The van der Waals surface area contributed by atoms with Crippen LogP contribution in [0.25, 0.3) is 0 Å². The maximum absolute atomic E-state index is 12.1. The number of aromatic nitrogens is 3. The van der Waals surface area contributed by atoms with Crippen LogP contribution in [0.5, 0.6) is 0 Å². The van der Waals surface area contributed by atoms with Crippen molar-refractivity contribution >= 4 is 11.9 Å². The number of nitrogens with one attached hydrogen (secondary N) is 1. The second-order valence-corrected chi connectivity index (χ2v) is 7.61. The maximum Gasteiger partial charge on any atom is 0.310 e. The molecule has 0 radical (unpaired) electrons. The van der Waals surface area contributed by atoms with Gasteiger partial charge in [0.2, 0.25) is 0 Å². The first-order valence-electron chi connectivity index (χ1n) is 10.8. The van der Waals surface area contributed by atoms with Gasteiger partial charge in [-0.05, 0) is 39.0 Å². The van der Waals surface area contributed by atoms with Gasteiger partial charge in [-0.25, -0.2) is 0 Å². The molecule has 1 aromatic heterocycles. The average molecular weight is 391 g/mol. The standard InChI is InChI=1S/C20H34N6O2/c1-3-28-19(27)16-9-8-13-25(15-16)20(21-2)22-12-7-11-18-24-23-17-10-5-4-6-14-26(17)18/h16H,3-15H2,1-2H3,(H,21,22). The largest absolute Gasteiger partial charge is 0.466 e. The van der Waals surface area contributed by atoms with Gasteiger partial charge in [0, 0.05) is 46.1 Å². The normalized spacial score (nSPS) is 20.4. The molecule has 1 aromatic rings. The summed E-state index contributed by atoms with van der Waals surface area (Å²) >= 11 is 0. The van der Waals surface area contributed by atoms with Gasteiger partial charge in [-0.15, -0.1) is 10.2 Å². The molecule has 0 saturated carbocycles. The zero-order valence-corrected chi connectivity index (χ0v) is 17.3. The van der Waals surface area contributed by atoms with Gasteiger partial charge in [-0.1, -0.05) is 6.42 Å². The molecule has 1 fully saturated rings. The Morgan fingerprint density at radius 1 is 1.25 bits per heavy atom. The van der Waals surface area contributed by atoms with Crippen molar-refractivity contribution in [3.63, 3.8) is 0 Å². The third-order valence-electron chi connectivity index (χ3n) is 5.60. The average Bonchev–Trinajstić information content (AvgIpc) is 2.94. The van der Waals surface area contributed by atoms with Crippen LogP contribution in [0.15, 0.2) is 4.99 Å². The monoisotopic (exact) mass is 390 g/mol. The Bertz CT molecular complexity index is 672. The fourth-order valence-corrected chi connectivity index (χ4v) is 4.13. The van der Waals surface area contributed by atoms with Gasteiger partial charge < -0.3 is 19.5 Å². The number of fused-ring (bicyclic) bond motifs is 1. The molecule has 1 saturated heterocycles. The highest BCUT2D eigenvalue weighted by Crippen LogP contribution is 2.18. The van der Waals surface area contributed by atoms with Crippen LogP contribution in [0, 0.1) is 5.92 Å². The first-order chi connectivity index (χ1) is 13.7. The number of aryl methyl sites for hydroxylation is 2. The van der Waals surface area contributed by atoms with Crippen molar-refractivity contribution in [1.82, 2.24) is 25.0 Å². The Labute approximate surface area is 167 Å². The first-order valence-corrected chi connectivity index (χ1v) is 10.8. The molecule has 8 nitrogen and oxygen atoms in total. The van der Waals surface area contributed by atoms with E-state index in [9.17, 15) is 4.79 Å². The van der Waals surface area contributed by atoms with Crippen molar-refractivity contribution in [1.29, 1.82) is 0 Å². The molecule has 1 atom stereocenters. The molecule has 0 aliphatic carbocycles. The number of piperidine rings is 1. The van der Waals surface area contributed by atoms with E-state index >= 15 is 0 Å².